The molecule has 0 radical (unpaired) electrons. The van der Waals surface area contributed by atoms with Crippen LogP contribution in [-0.4, -0.2) is 5.11 Å². The Kier molecular flexibility index (Phi) is 4.44. The van der Waals surface area contributed by atoms with E-state index in [9.17, 15) is 5.11 Å². The van der Waals surface area contributed by atoms with E-state index in [1.807, 2.05) is 30.3 Å². The molecule has 1 atom stereocenters. The van der Waals surface area contributed by atoms with Crippen LogP contribution in [0.4, 0.5) is 0 Å². The molecule has 0 spiro atoms. The monoisotopic (exact) mass is 324 g/mol. The van der Waals surface area contributed by atoms with Gasteiger partial charge in [-0.1, -0.05) is 41.9 Å². The first-order chi connectivity index (χ1) is 8.58. The molecule has 18 heavy (non-hydrogen) atoms. The molecule has 3 heteroatoms. The zero-order valence-corrected chi connectivity index (χ0v) is 12.4. The summed E-state index contributed by atoms with van der Waals surface area (Å²) in [6, 6.07) is 13.6. The van der Waals surface area contributed by atoms with Gasteiger partial charge in [0.15, 0.2) is 0 Å². The normalized spacial score (nSPS) is 12.4. The Morgan fingerprint density at radius 1 is 1.22 bits per heavy atom. The third-order valence-electron chi connectivity index (χ3n) is 3.00. The maximum absolute atomic E-state index is 10.2. The van der Waals surface area contributed by atoms with Crippen molar-refractivity contribution in [2.24, 2.45) is 0 Å². The van der Waals surface area contributed by atoms with E-state index in [1.54, 1.807) is 6.07 Å². The summed E-state index contributed by atoms with van der Waals surface area (Å²) in [4.78, 5) is 0. The molecule has 0 heterocycles. The molecule has 0 amide bonds. The molecule has 0 aliphatic rings. The molecule has 1 N–H and O–H groups in total. The Morgan fingerprint density at radius 2 is 1.94 bits per heavy atom. The van der Waals surface area contributed by atoms with Crippen molar-refractivity contribution in [3.63, 3.8) is 0 Å². The first-order valence-corrected chi connectivity index (χ1v) is 6.92. The van der Waals surface area contributed by atoms with E-state index < -0.39 is 6.10 Å². The predicted octanol–water partition coefficient (Wildman–Crippen LogP) is 4.69. The molecule has 1 unspecified atom stereocenters. The molecule has 0 aliphatic heterocycles. The van der Waals surface area contributed by atoms with Gasteiger partial charge in [0.2, 0.25) is 0 Å². The summed E-state index contributed by atoms with van der Waals surface area (Å²) in [6.45, 7) is 2.06. The van der Waals surface area contributed by atoms with Crippen molar-refractivity contribution in [3.05, 3.63) is 68.7 Å². The van der Waals surface area contributed by atoms with Gasteiger partial charge in [0.1, 0.15) is 0 Å². The Hall–Kier alpha value is -0.830. The van der Waals surface area contributed by atoms with E-state index in [1.165, 1.54) is 5.56 Å². The maximum atomic E-state index is 10.2. The lowest BCUT2D eigenvalue weighted by molar-refractivity contribution is 0.178. The number of benzene rings is 2. The predicted molar refractivity (Wildman–Crippen MR) is 79.0 cm³/mol. The van der Waals surface area contributed by atoms with Gasteiger partial charge in [-0.15, -0.1) is 0 Å². The van der Waals surface area contributed by atoms with E-state index in [-0.39, 0.29) is 0 Å². The minimum atomic E-state index is -0.514. The van der Waals surface area contributed by atoms with Gasteiger partial charge in [-0.25, -0.2) is 0 Å². The number of aryl methyl sites for hydroxylation is 1. The summed E-state index contributed by atoms with van der Waals surface area (Å²) in [5.74, 6) is 0. The van der Waals surface area contributed by atoms with Crippen LogP contribution < -0.4 is 0 Å². The third kappa shape index (κ3) is 3.14. The highest BCUT2D eigenvalue weighted by molar-refractivity contribution is 9.10. The third-order valence-corrected chi connectivity index (χ3v) is 4.22. The number of rotatable bonds is 3. The second-order valence-corrected chi connectivity index (χ2v) is 5.58. The number of aliphatic hydroxyl groups excluding tert-OH is 1. The molecule has 0 saturated heterocycles. The zero-order chi connectivity index (χ0) is 13.1. The van der Waals surface area contributed by atoms with Gasteiger partial charge in [-0.2, -0.15) is 0 Å². The van der Waals surface area contributed by atoms with Crippen LogP contribution in [0.5, 0.6) is 0 Å². The van der Waals surface area contributed by atoms with E-state index in [0.29, 0.717) is 11.4 Å². The molecule has 1 nitrogen and oxygen atoms in total. The second kappa shape index (κ2) is 5.87. The standard InChI is InChI=1S/C15H14BrClO/c1-10-4-2-3-5-11(10)9-15(18)12-6-7-14(17)13(16)8-12/h2-8,15,18H,9H2,1H3. The van der Waals surface area contributed by atoms with Crippen LogP contribution in [-0.2, 0) is 6.42 Å². The van der Waals surface area contributed by atoms with Gasteiger partial charge in [-0.05, 0) is 51.7 Å². The lowest BCUT2D eigenvalue weighted by atomic mass is 9.98. The molecule has 94 valence electrons. The molecular formula is C15H14BrClO. The van der Waals surface area contributed by atoms with E-state index in [0.717, 1.165) is 15.6 Å². The summed E-state index contributed by atoms with van der Waals surface area (Å²) >= 11 is 9.31. The number of halogens is 2. The highest BCUT2D eigenvalue weighted by Gasteiger charge is 2.11. The second-order valence-electron chi connectivity index (χ2n) is 4.32. The first kappa shape index (κ1) is 13.6. The molecule has 2 aromatic rings. The maximum Gasteiger partial charge on any atom is 0.0830 e. The molecule has 0 aliphatic carbocycles. The van der Waals surface area contributed by atoms with Gasteiger partial charge in [-0.3, -0.25) is 0 Å². The Morgan fingerprint density at radius 3 is 2.61 bits per heavy atom. The average Bonchev–Trinajstić information content (AvgIpc) is 2.35. The molecule has 0 aromatic heterocycles. The summed E-state index contributed by atoms with van der Waals surface area (Å²) in [5, 5.41) is 10.9. The largest absolute Gasteiger partial charge is 0.388 e. The van der Waals surface area contributed by atoms with Gasteiger partial charge >= 0.3 is 0 Å². The van der Waals surface area contributed by atoms with Crippen LogP contribution in [0, 0.1) is 6.92 Å². The SMILES string of the molecule is Cc1ccccc1CC(O)c1ccc(Cl)c(Br)c1. The highest BCUT2D eigenvalue weighted by Crippen LogP contribution is 2.28. The fraction of sp³-hybridized carbons (Fsp3) is 0.200. The van der Waals surface area contributed by atoms with E-state index in [2.05, 4.69) is 28.9 Å². The van der Waals surface area contributed by atoms with Crippen LogP contribution in [0.2, 0.25) is 5.02 Å². The highest BCUT2D eigenvalue weighted by atomic mass is 79.9. The van der Waals surface area contributed by atoms with Crippen molar-refractivity contribution >= 4 is 27.5 Å². The minimum absolute atomic E-state index is 0.514. The summed E-state index contributed by atoms with van der Waals surface area (Å²) in [7, 11) is 0. The van der Waals surface area contributed by atoms with Crippen molar-refractivity contribution < 1.29 is 5.11 Å². The molecular weight excluding hydrogens is 312 g/mol. The molecule has 2 aromatic carbocycles. The topological polar surface area (TPSA) is 20.2 Å². The zero-order valence-electron chi connectivity index (χ0n) is 10.0. The van der Waals surface area contributed by atoms with Gasteiger partial charge in [0.05, 0.1) is 11.1 Å². The van der Waals surface area contributed by atoms with Crippen molar-refractivity contribution in [1.82, 2.24) is 0 Å². The van der Waals surface area contributed by atoms with Crippen LogP contribution in [0.1, 0.15) is 22.8 Å². The van der Waals surface area contributed by atoms with Gasteiger partial charge < -0.3 is 5.11 Å². The Balaban J connectivity index is 2.19. The summed E-state index contributed by atoms with van der Waals surface area (Å²) in [5.41, 5.74) is 3.23. The minimum Gasteiger partial charge on any atom is -0.388 e. The smallest absolute Gasteiger partial charge is 0.0830 e. The number of hydrogen-bond acceptors (Lipinski definition) is 1. The van der Waals surface area contributed by atoms with Crippen molar-refractivity contribution in [3.8, 4) is 0 Å². The summed E-state index contributed by atoms with van der Waals surface area (Å²) in [6.07, 6.45) is 0.0977. The molecule has 0 bridgehead atoms. The van der Waals surface area contributed by atoms with Crippen LogP contribution in [0.15, 0.2) is 46.9 Å². The van der Waals surface area contributed by atoms with Crippen LogP contribution in [0.25, 0.3) is 0 Å². The molecule has 0 fully saturated rings. The summed E-state index contributed by atoms with van der Waals surface area (Å²) < 4.78 is 0.811. The van der Waals surface area contributed by atoms with E-state index >= 15 is 0 Å². The van der Waals surface area contributed by atoms with Crippen LogP contribution in [0.3, 0.4) is 0 Å². The average molecular weight is 326 g/mol. The van der Waals surface area contributed by atoms with Crippen molar-refractivity contribution in [2.45, 2.75) is 19.4 Å². The molecule has 0 saturated carbocycles. The quantitative estimate of drug-likeness (QED) is 0.868. The van der Waals surface area contributed by atoms with Crippen molar-refractivity contribution in [1.29, 1.82) is 0 Å². The van der Waals surface area contributed by atoms with Gasteiger partial charge in [0.25, 0.3) is 0 Å². The Labute approximate surface area is 121 Å². The number of aliphatic hydroxyl groups is 1. The lowest BCUT2D eigenvalue weighted by Gasteiger charge is -2.13. The van der Waals surface area contributed by atoms with Crippen LogP contribution >= 0.6 is 27.5 Å². The van der Waals surface area contributed by atoms with E-state index in [4.69, 9.17) is 11.6 Å². The molecule has 2 rings (SSSR count). The van der Waals surface area contributed by atoms with Gasteiger partial charge in [0, 0.05) is 10.9 Å². The fourth-order valence-corrected chi connectivity index (χ4v) is 2.40. The first-order valence-electron chi connectivity index (χ1n) is 5.75. The fourth-order valence-electron chi connectivity index (χ4n) is 1.88. The number of hydrogen-bond donors (Lipinski definition) is 1. The lowest BCUT2D eigenvalue weighted by Crippen LogP contribution is -2.03. The Bertz CT molecular complexity index is 554. The van der Waals surface area contributed by atoms with Crippen molar-refractivity contribution in [2.75, 3.05) is 0 Å².